The van der Waals surface area contributed by atoms with E-state index < -0.39 is 7.32 Å². The minimum atomic E-state index is -1.73. The van der Waals surface area contributed by atoms with Gasteiger partial charge in [-0.05, 0) is 12.1 Å². The number of benzene rings is 1. The van der Waals surface area contributed by atoms with Crippen LogP contribution in [0, 0.1) is 5.41 Å². The molecule has 13 heavy (non-hydrogen) atoms. The highest BCUT2D eigenvalue weighted by molar-refractivity contribution is 6.33. The molecule has 1 aromatic rings. The number of nitrogens with one attached hydrogen (secondary N) is 1. The molecular weight excluding hydrogens is 173 g/mol. The molecule has 1 aromatic carbocycles. The molecular formula is C7H8BNO4. The average Bonchev–Trinajstić information content (AvgIpc) is 2.06. The Morgan fingerprint density at radius 2 is 1.77 bits per heavy atom. The minimum absolute atomic E-state index is 0.442. The van der Waals surface area contributed by atoms with Gasteiger partial charge in [-0.25, -0.2) is 10.2 Å². The number of para-hydroxylation sites is 1. The fraction of sp³-hybridized carbons (Fsp3) is 0. The first-order chi connectivity index (χ1) is 6.20. The highest BCUT2D eigenvalue weighted by atomic mass is 16.6. The van der Waals surface area contributed by atoms with Crippen LogP contribution in [0.1, 0.15) is 0 Å². The van der Waals surface area contributed by atoms with Crippen LogP contribution in [0.15, 0.2) is 30.3 Å². The molecule has 0 atom stereocenters. The fourth-order valence-corrected chi connectivity index (χ4v) is 0.621. The Bertz CT molecular complexity index is 258. The van der Waals surface area contributed by atoms with E-state index in [2.05, 4.69) is 4.65 Å². The van der Waals surface area contributed by atoms with Crippen molar-refractivity contribution in [3.8, 4) is 5.75 Å². The maximum Gasteiger partial charge on any atom is 0.707 e. The summed E-state index contributed by atoms with van der Waals surface area (Å²) in [7, 11) is -1.73. The molecule has 5 nitrogen and oxygen atoms in total. The Labute approximate surface area is 75.3 Å². The van der Waals surface area contributed by atoms with E-state index in [0.29, 0.717) is 5.75 Å². The van der Waals surface area contributed by atoms with Gasteiger partial charge in [0.2, 0.25) is 6.08 Å². The minimum Gasteiger partial charge on any atom is -0.512 e. The van der Waals surface area contributed by atoms with Gasteiger partial charge in [-0.2, -0.15) is 0 Å². The van der Waals surface area contributed by atoms with Crippen LogP contribution in [0.25, 0.3) is 0 Å². The molecule has 0 saturated carbocycles. The van der Waals surface area contributed by atoms with Gasteiger partial charge in [0.05, 0.1) is 0 Å². The second-order valence-electron chi connectivity index (χ2n) is 1.86. The second kappa shape index (κ2) is 7.06. The van der Waals surface area contributed by atoms with Crippen molar-refractivity contribution < 1.29 is 19.5 Å². The number of isocyanates is 1. The monoisotopic (exact) mass is 181 g/mol. The van der Waals surface area contributed by atoms with Crippen molar-refractivity contribution in [2.24, 2.45) is 0 Å². The third-order valence-corrected chi connectivity index (χ3v) is 0.985. The van der Waals surface area contributed by atoms with E-state index in [0.717, 1.165) is 6.08 Å². The first-order valence-corrected chi connectivity index (χ1v) is 3.32. The van der Waals surface area contributed by atoms with Crippen molar-refractivity contribution in [2.45, 2.75) is 0 Å². The number of hydrogen-bond donors (Lipinski definition) is 3. The molecule has 0 heterocycles. The van der Waals surface area contributed by atoms with Crippen molar-refractivity contribution in [3.05, 3.63) is 30.3 Å². The zero-order valence-electron chi connectivity index (χ0n) is 6.68. The highest BCUT2D eigenvalue weighted by Crippen LogP contribution is 2.07. The maximum atomic E-state index is 8.35. The molecule has 0 spiro atoms. The predicted octanol–water partition coefficient (Wildman–Crippen LogP) is -0.0641. The Balaban J connectivity index is 0.000000424. The molecule has 0 amide bonds. The Morgan fingerprint density at radius 3 is 2.15 bits per heavy atom. The van der Waals surface area contributed by atoms with Crippen molar-refractivity contribution in [1.82, 2.24) is 0 Å². The fourth-order valence-electron chi connectivity index (χ4n) is 0.621. The van der Waals surface area contributed by atoms with Crippen molar-refractivity contribution in [1.29, 1.82) is 5.41 Å². The lowest BCUT2D eigenvalue weighted by Crippen LogP contribution is -2.20. The van der Waals surface area contributed by atoms with Gasteiger partial charge in [-0.3, -0.25) is 0 Å². The SMILES string of the molecule is N=C=O.OB(O)Oc1ccccc1. The largest absolute Gasteiger partial charge is 0.707 e. The van der Waals surface area contributed by atoms with Crippen LogP contribution in [0.2, 0.25) is 0 Å². The van der Waals surface area contributed by atoms with Gasteiger partial charge in [0.1, 0.15) is 5.75 Å². The van der Waals surface area contributed by atoms with Crippen molar-refractivity contribution in [2.75, 3.05) is 0 Å². The van der Waals surface area contributed by atoms with Gasteiger partial charge in [0.25, 0.3) is 0 Å². The molecule has 0 aliphatic carbocycles. The summed E-state index contributed by atoms with van der Waals surface area (Å²) >= 11 is 0. The second-order valence-corrected chi connectivity index (χ2v) is 1.86. The zero-order valence-corrected chi connectivity index (χ0v) is 6.68. The lowest BCUT2D eigenvalue weighted by Gasteiger charge is -2.01. The van der Waals surface area contributed by atoms with E-state index >= 15 is 0 Å². The maximum absolute atomic E-state index is 8.35. The lowest BCUT2D eigenvalue weighted by molar-refractivity contribution is 0.288. The van der Waals surface area contributed by atoms with Crippen LogP contribution in [-0.2, 0) is 4.79 Å². The predicted molar refractivity (Wildman–Crippen MR) is 45.7 cm³/mol. The van der Waals surface area contributed by atoms with E-state index in [1.807, 2.05) is 6.07 Å². The van der Waals surface area contributed by atoms with Crippen LogP contribution >= 0.6 is 0 Å². The summed E-state index contributed by atoms with van der Waals surface area (Å²) in [5.41, 5.74) is 0. The topological polar surface area (TPSA) is 90.6 Å². The Hall–Kier alpha value is -1.62. The van der Waals surface area contributed by atoms with Gasteiger partial charge in [0, 0.05) is 0 Å². The van der Waals surface area contributed by atoms with Crippen LogP contribution in [0.4, 0.5) is 0 Å². The van der Waals surface area contributed by atoms with Crippen LogP contribution < -0.4 is 4.65 Å². The summed E-state index contributed by atoms with van der Waals surface area (Å²) < 4.78 is 4.53. The normalized spacial score (nSPS) is 7.54. The summed E-state index contributed by atoms with van der Waals surface area (Å²) in [5, 5.41) is 22.1. The third kappa shape index (κ3) is 6.77. The summed E-state index contributed by atoms with van der Waals surface area (Å²) in [4.78, 5) is 8.35. The number of rotatable bonds is 2. The van der Waals surface area contributed by atoms with Crippen molar-refractivity contribution in [3.63, 3.8) is 0 Å². The van der Waals surface area contributed by atoms with E-state index in [9.17, 15) is 0 Å². The van der Waals surface area contributed by atoms with Crippen LogP contribution in [0.5, 0.6) is 5.75 Å². The summed E-state index contributed by atoms with van der Waals surface area (Å²) in [6, 6.07) is 8.59. The molecule has 0 aliphatic heterocycles. The van der Waals surface area contributed by atoms with Gasteiger partial charge in [-0.15, -0.1) is 0 Å². The third-order valence-electron chi connectivity index (χ3n) is 0.985. The summed E-state index contributed by atoms with van der Waals surface area (Å²) in [6.45, 7) is 0. The van der Waals surface area contributed by atoms with Gasteiger partial charge in [0.15, 0.2) is 0 Å². The molecule has 3 N–H and O–H groups in total. The van der Waals surface area contributed by atoms with E-state index in [1.54, 1.807) is 24.3 Å². The van der Waals surface area contributed by atoms with Crippen LogP contribution in [-0.4, -0.2) is 23.4 Å². The molecule has 0 unspecified atom stereocenters. The van der Waals surface area contributed by atoms with Gasteiger partial charge in [-0.1, -0.05) is 18.2 Å². The van der Waals surface area contributed by atoms with Gasteiger partial charge < -0.3 is 14.7 Å². The molecule has 0 fully saturated rings. The summed E-state index contributed by atoms with van der Waals surface area (Å²) in [6.07, 6.45) is 0.750. The molecule has 0 aromatic heterocycles. The molecule has 0 bridgehead atoms. The van der Waals surface area contributed by atoms with E-state index in [1.165, 1.54) is 0 Å². The van der Waals surface area contributed by atoms with Crippen molar-refractivity contribution >= 4 is 13.4 Å². The highest BCUT2D eigenvalue weighted by Gasteiger charge is 2.09. The average molecular weight is 181 g/mol. The smallest absolute Gasteiger partial charge is 0.512 e. The number of carbonyl (C=O) groups excluding carboxylic acids is 1. The molecule has 0 aliphatic rings. The molecule has 0 radical (unpaired) electrons. The first kappa shape index (κ1) is 11.4. The standard InChI is InChI=1S/C6H7BO3.CHNO/c8-7(9)10-6-4-2-1-3-5-6;2-1-3/h1-5,8-9H;2H. The number of hydrogen-bond acceptors (Lipinski definition) is 5. The Morgan fingerprint density at radius 1 is 1.31 bits per heavy atom. The van der Waals surface area contributed by atoms with E-state index in [-0.39, 0.29) is 0 Å². The quantitative estimate of drug-likeness (QED) is 0.338. The van der Waals surface area contributed by atoms with Gasteiger partial charge >= 0.3 is 7.32 Å². The zero-order chi connectivity index (χ0) is 10.1. The molecule has 1 rings (SSSR count). The molecule has 0 saturated heterocycles. The lowest BCUT2D eigenvalue weighted by atomic mass is 10.2. The first-order valence-electron chi connectivity index (χ1n) is 3.32. The summed E-state index contributed by atoms with van der Waals surface area (Å²) in [5.74, 6) is 0.442. The molecule has 6 heteroatoms. The van der Waals surface area contributed by atoms with E-state index in [4.69, 9.17) is 20.3 Å². The Kier molecular flexibility index (Phi) is 6.18. The van der Waals surface area contributed by atoms with Crippen LogP contribution in [0.3, 0.4) is 0 Å². The molecule has 68 valence electrons.